The van der Waals surface area contributed by atoms with Crippen LogP contribution in [-0.4, -0.2) is 16.7 Å². The third kappa shape index (κ3) is 4.94. The molecule has 1 aromatic heterocycles. The van der Waals surface area contributed by atoms with Crippen molar-refractivity contribution in [3.8, 4) is 17.2 Å². The number of pyridine rings is 1. The number of amidine groups is 1. The summed E-state index contributed by atoms with van der Waals surface area (Å²) in [5.41, 5.74) is 11.2. The fourth-order valence-electron chi connectivity index (χ4n) is 3.59. The fraction of sp³-hybridized carbons (Fsp3) is 0.0370. The number of aromatic nitrogens is 1. The Kier molecular flexibility index (Phi) is 6.24. The van der Waals surface area contributed by atoms with Gasteiger partial charge in [-0.3, -0.25) is 15.2 Å². The molecule has 0 radical (unpaired) electrons. The van der Waals surface area contributed by atoms with E-state index in [9.17, 15) is 10.1 Å². The molecule has 0 saturated heterocycles. The number of nitrogens with one attached hydrogen (secondary N) is 2. The Labute approximate surface area is 191 Å². The molecule has 160 valence electrons. The molecule has 0 bridgehead atoms. The van der Waals surface area contributed by atoms with Gasteiger partial charge in [0.1, 0.15) is 5.84 Å². The molecule has 4 rings (SSSR count). The number of nitrogens with two attached hydrogens (primary N) is 1. The lowest BCUT2D eigenvalue weighted by atomic mass is 10.00. The van der Waals surface area contributed by atoms with Gasteiger partial charge in [0, 0.05) is 23.9 Å². The molecule has 4 aromatic rings. The summed E-state index contributed by atoms with van der Waals surface area (Å²) in [7, 11) is 0. The molecule has 0 atom stereocenters. The first-order valence-corrected chi connectivity index (χ1v) is 10.3. The van der Waals surface area contributed by atoms with Crippen molar-refractivity contribution in [2.75, 3.05) is 5.32 Å². The van der Waals surface area contributed by atoms with Gasteiger partial charge in [0.2, 0.25) is 0 Å². The fourth-order valence-corrected chi connectivity index (χ4v) is 3.59. The summed E-state index contributed by atoms with van der Waals surface area (Å²) in [6, 6.07) is 27.8. The van der Waals surface area contributed by atoms with Crippen LogP contribution in [0.25, 0.3) is 11.1 Å². The number of carbonyl (C=O) groups is 1. The molecular formula is C27H21N5O. The van der Waals surface area contributed by atoms with Crippen LogP contribution in [0.2, 0.25) is 0 Å². The van der Waals surface area contributed by atoms with Crippen LogP contribution in [0.5, 0.6) is 0 Å². The van der Waals surface area contributed by atoms with Crippen molar-refractivity contribution in [2.24, 2.45) is 5.73 Å². The third-order valence-corrected chi connectivity index (χ3v) is 5.25. The zero-order valence-corrected chi connectivity index (χ0v) is 17.7. The SMILES string of the molecule is N#Cc1ccccc1-c1ccc(NC(=O)c2cccnc2Cc2cccc(C(=N)N)c2)cc1. The van der Waals surface area contributed by atoms with E-state index in [-0.39, 0.29) is 11.7 Å². The zero-order chi connectivity index (χ0) is 23.2. The van der Waals surface area contributed by atoms with Crippen LogP contribution in [0.15, 0.2) is 91.1 Å². The molecular weight excluding hydrogens is 410 g/mol. The molecule has 0 fully saturated rings. The number of amides is 1. The van der Waals surface area contributed by atoms with Crippen molar-refractivity contribution in [1.29, 1.82) is 10.7 Å². The van der Waals surface area contributed by atoms with E-state index in [2.05, 4.69) is 16.4 Å². The second-order valence-electron chi connectivity index (χ2n) is 7.48. The zero-order valence-electron chi connectivity index (χ0n) is 17.7. The maximum absolute atomic E-state index is 13.0. The summed E-state index contributed by atoms with van der Waals surface area (Å²) in [6.45, 7) is 0. The molecule has 4 N–H and O–H groups in total. The van der Waals surface area contributed by atoms with Crippen LogP contribution < -0.4 is 11.1 Å². The Morgan fingerprint density at radius 2 is 1.79 bits per heavy atom. The monoisotopic (exact) mass is 431 g/mol. The predicted molar refractivity (Wildman–Crippen MR) is 129 cm³/mol. The van der Waals surface area contributed by atoms with Gasteiger partial charge in [-0.25, -0.2) is 0 Å². The molecule has 0 aliphatic rings. The van der Waals surface area contributed by atoms with Crippen LogP contribution in [0.3, 0.4) is 0 Å². The van der Waals surface area contributed by atoms with E-state index in [1.165, 1.54) is 0 Å². The largest absolute Gasteiger partial charge is 0.384 e. The van der Waals surface area contributed by atoms with Crippen LogP contribution in [0, 0.1) is 16.7 Å². The van der Waals surface area contributed by atoms with Crippen molar-refractivity contribution < 1.29 is 4.79 Å². The molecule has 6 nitrogen and oxygen atoms in total. The summed E-state index contributed by atoms with van der Waals surface area (Å²) >= 11 is 0. The van der Waals surface area contributed by atoms with Crippen molar-refractivity contribution >= 4 is 17.4 Å². The van der Waals surface area contributed by atoms with Crippen molar-refractivity contribution in [3.63, 3.8) is 0 Å². The molecule has 0 aliphatic carbocycles. The van der Waals surface area contributed by atoms with Gasteiger partial charge in [-0.2, -0.15) is 5.26 Å². The first-order valence-electron chi connectivity index (χ1n) is 10.3. The molecule has 6 heteroatoms. The van der Waals surface area contributed by atoms with Gasteiger partial charge in [-0.1, -0.05) is 48.5 Å². The number of hydrogen-bond acceptors (Lipinski definition) is 4. The summed E-state index contributed by atoms with van der Waals surface area (Å²) in [5.74, 6) is -0.261. The second-order valence-corrected chi connectivity index (χ2v) is 7.48. The van der Waals surface area contributed by atoms with Gasteiger partial charge in [0.05, 0.1) is 22.9 Å². The number of benzene rings is 3. The number of rotatable bonds is 6. The first kappa shape index (κ1) is 21.5. The lowest BCUT2D eigenvalue weighted by Crippen LogP contribution is -2.15. The standard InChI is InChI=1S/C27H21N5O/c28-17-21-6-1-2-8-23(21)19-10-12-22(13-11-19)32-27(33)24-9-4-14-31-25(24)16-18-5-3-7-20(15-18)26(29)30/h1-15H,16H2,(H3,29,30)(H,32,33). The topological polar surface area (TPSA) is 116 Å². The molecule has 1 heterocycles. The minimum absolute atomic E-state index is 0.00308. The molecule has 0 aliphatic heterocycles. The number of anilines is 1. The van der Waals surface area contributed by atoms with Crippen LogP contribution in [-0.2, 0) is 6.42 Å². The average Bonchev–Trinajstić information content (AvgIpc) is 2.85. The molecule has 0 spiro atoms. The van der Waals surface area contributed by atoms with Gasteiger partial charge in [0.15, 0.2) is 0 Å². The molecule has 3 aromatic carbocycles. The van der Waals surface area contributed by atoms with Gasteiger partial charge in [0.25, 0.3) is 5.91 Å². The Hall–Kier alpha value is -4.76. The van der Waals surface area contributed by atoms with Gasteiger partial charge in [-0.15, -0.1) is 0 Å². The van der Waals surface area contributed by atoms with E-state index in [4.69, 9.17) is 11.1 Å². The number of nitrogen functional groups attached to an aromatic ring is 1. The number of hydrogen-bond donors (Lipinski definition) is 3. The van der Waals surface area contributed by atoms with Crippen LogP contribution in [0.1, 0.15) is 32.7 Å². The number of carbonyl (C=O) groups excluding carboxylic acids is 1. The van der Waals surface area contributed by atoms with Gasteiger partial charge < -0.3 is 11.1 Å². The Morgan fingerprint density at radius 1 is 1.00 bits per heavy atom. The lowest BCUT2D eigenvalue weighted by molar-refractivity contribution is 0.102. The highest BCUT2D eigenvalue weighted by Gasteiger charge is 2.14. The minimum atomic E-state index is -0.258. The van der Waals surface area contributed by atoms with E-state index in [1.807, 2.05) is 60.7 Å². The van der Waals surface area contributed by atoms with E-state index in [0.717, 1.165) is 16.7 Å². The smallest absolute Gasteiger partial charge is 0.257 e. The first-order chi connectivity index (χ1) is 16.0. The van der Waals surface area contributed by atoms with Crippen molar-refractivity contribution in [1.82, 2.24) is 4.98 Å². The summed E-state index contributed by atoms with van der Waals surface area (Å²) < 4.78 is 0. The highest BCUT2D eigenvalue weighted by Crippen LogP contribution is 2.25. The molecule has 0 unspecified atom stereocenters. The normalized spacial score (nSPS) is 10.3. The third-order valence-electron chi connectivity index (χ3n) is 5.25. The molecule has 0 saturated carbocycles. The quantitative estimate of drug-likeness (QED) is 0.302. The van der Waals surface area contributed by atoms with Crippen LogP contribution >= 0.6 is 0 Å². The van der Waals surface area contributed by atoms with E-state index in [0.29, 0.717) is 34.5 Å². The van der Waals surface area contributed by atoms with Gasteiger partial charge in [-0.05, 0) is 53.1 Å². The molecule has 1 amide bonds. The Morgan fingerprint density at radius 3 is 2.55 bits per heavy atom. The van der Waals surface area contributed by atoms with E-state index >= 15 is 0 Å². The van der Waals surface area contributed by atoms with Crippen molar-refractivity contribution in [2.45, 2.75) is 6.42 Å². The number of nitriles is 1. The molecule has 33 heavy (non-hydrogen) atoms. The summed E-state index contributed by atoms with van der Waals surface area (Å²) in [6.07, 6.45) is 2.09. The summed E-state index contributed by atoms with van der Waals surface area (Å²) in [4.78, 5) is 17.4. The average molecular weight is 431 g/mol. The maximum atomic E-state index is 13.0. The maximum Gasteiger partial charge on any atom is 0.257 e. The van der Waals surface area contributed by atoms with Crippen molar-refractivity contribution in [3.05, 3.63) is 119 Å². The Bertz CT molecular complexity index is 1370. The second kappa shape index (κ2) is 9.58. The van der Waals surface area contributed by atoms with Gasteiger partial charge >= 0.3 is 0 Å². The Balaban J connectivity index is 1.53. The lowest BCUT2D eigenvalue weighted by Gasteiger charge is -2.11. The highest BCUT2D eigenvalue weighted by molar-refractivity contribution is 6.05. The highest BCUT2D eigenvalue weighted by atomic mass is 16.1. The minimum Gasteiger partial charge on any atom is -0.384 e. The number of nitrogens with zero attached hydrogens (tertiary/aromatic N) is 2. The predicted octanol–water partition coefficient (Wildman–Crippen LogP) is 4.75. The summed E-state index contributed by atoms with van der Waals surface area (Å²) in [5, 5.41) is 19.9. The van der Waals surface area contributed by atoms with E-state index < -0.39 is 0 Å². The van der Waals surface area contributed by atoms with E-state index in [1.54, 1.807) is 30.5 Å². The van der Waals surface area contributed by atoms with Crippen LogP contribution in [0.4, 0.5) is 5.69 Å².